The fraction of sp³-hybridized carbons (Fsp3) is 0.432. The normalized spacial score (nSPS) is 15.3. The second kappa shape index (κ2) is 14.0. The molecule has 1 aliphatic heterocycles. The Balaban J connectivity index is 1.31. The number of likely N-dealkylation sites (tertiary alicyclic amines) is 1. The molecule has 8 nitrogen and oxygen atoms in total. The van der Waals surface area contributed by atoms with Crippen molar-refractivity contribution in [1.82, 2.24) is 15.0 Å². The summed E-state index contributed by atoms with van der Waals surface area (Å²) in [5, 5.41) is 15.3. The lowest BCUT2D eigenvalue weighted by atomic mass is 9.73. The van der Waals surface area contributed by atoms with Crippen molar-refractivity contribution in [2.24, 2.45) is 17.1 Å². The predicted octanol–water partition coefficient (Wildman–Crippen LogP) is 7.45. The Morgan fingerprint density at radius 2 is 1.76 bits per heavy atom. The Morgan fingerprint density at radius 3 is 2.37 bits per heavy atom. The lowest BCUT2D eigenvalue weighted by Crippen LogP contribution is -2.45. The van der Waals surface area contributed by atoms with Crippen molar-refractivity contribution in [2.45, 2.75) is 71.9 Å². The molecule has 0 unspecified atom stereocenters. The van der Waals surface area contributed by atoms with Crippen LogP contribution in [0.4, 0.5) is 0 Å². The number of halogens is 1. The van der Waals surface area contributed by atoms with Gasteiger partial charge in [-0.15, -0.1) is 0 Å². The average Bonchev–Trinajstić information content (AvgIpc) is 3.49. The first-order chi connectivity index (χ1) is 21.8. The van der Waals surface area contributed by atoms with Crippen molar-refractivity contribution in [3.05, 3.63) is 87.9 Å². The SMILES string of the molecule is COc1ccc(CC2(C(=O)O)CCN(Cc3ccc(-c4noc(-c5ccc(CC(C)C)c(Cl)c5)n4)c(CC(C)(C)N)c3)CC2)cc1. The number of hydrogen-bond donors (Lipinski definition) is 2. The summed E-state index contributed by atoms with van der Waals surface area (Å²) in [6.45, 7) is 10.5. The van der Waals surface area contributed by atoms with Gasteiger partial charge in [-0.3, -0.25) is 9.69 Å². The Morgan fingerprint density at radius 1 is 1.07 bits per heavy atom. The monoisotopic (exact) mass is 644 g/mol. The standard InChI is InChI=1S/C37H45ClN4O4/c1-24(2)18-27-9-10-28(20-32(27)38)34-40-33(41-46-34)31-13-8-26(19-29(31)22-36(3,4)39)23-42-16-14-37(15-17-42,35(43)44)21-25-6-11-30(45-5)12-7-25/h6-13,19-20,24H,14-18,21-23,39H2,1-5H3,(H,43,44). The largest absolute Gasteiger partial charge is 0.497 e. The summed E-state index contributed by atoms with van der Waals surface area (Å²) in [6.07, 6.45) is 3.21. The third-order valence-electron chi connectivity index (χ3n) is 8.79. The number of hydrogen-bond acceptors (Lipinski definition) is 7. The number of carbonyl (C=O) groups is 1. The summed E-state index contributed by atoms with van der Waals surface area (Å²) in [7, 11) is 1.63. The van der Waals surface area contributed by atoms with Gasteiger partial charge in [0.25, 0.3) is 5.89 Å². The second-order valence-electron chi connectivity index (χ2n) is 13.9. The molecular weight excluding hydrogens is 600 g/mol. The molecule has 0 radical (unpaired) electrons. The van der Waals surface area contributed by atoms with Crippen molar-refractivity contribution in [3.8, 4) is 28.6 Å². The summed E-state index contributed by atoms with van der Waals surface area (Å²) in [6, 6.07) is 19.9. The first-order valence-electron chi connectivity index (χ1n) is 16.0. The van der Waals surface area contributed by atoms with Crippen LogP contribution < -0.4 is 10.5 Å². The maximum absolute atomic E-state index is 12.5. The molecule has 5 rings (SSSR count). The van der Waals surface area contributed by atoms with Crippen LogP contribution in [-0.2, 0) is 30.6 Å². The van der Waals surface area contributed by atoms with Crippen LogP contribution >= 0.6 is 11.6 Å². The quantitative estimate of drug-likeness (QED) is 0.163. The minimum Gasteiger partial charge on any atom is -0.497 e. The molecule has 0 bridgehead atoms. The van der Waals surface area contributed by atoms with Crippen molar-refractivity contribution in [3.63, 3.8) is 0 Å². The number of carboxylic acid groups (broad SMARTS) is 1. The van der Waals surface area contributed by atoms with E-state index in [1.54, 1.807) is 7.11 Å². The lowest BCUT2D eigenvalue weighted by molar-refractivity contribution is -0.152. The highest BCUT2D eigenvalue weighted by Gasteiger charge is 2.41. The van der Waals surface area contributed by atoms with E-state index < -0.39 is 16.9 Å². The van der Waals surface area contributed by atoms with Gasteiger partial charge in [-0.25, -0.2) is 0 Å². The minimum atomic E-state index is -0.779. The Labute approximate surface area is 276 Å². The molecule has 3 aromatic carbocycles. The smallest absolute Gasteiger partial charge is 0.310 e. The molecule has 9 heteroatoms. The van der Waals surface area contributed by atoms with Crippen LogP contribution in [0.2, 0.25) is 5.02 Å². The fourth-order valence-electron chi connectivity index (χ4n) is 6.33. The van der Waals surface area contributed by atoms with Crippen LogP contribution in [-0.4, -0.2) is 51.9 Å². The zero-order valence-electron chi connectivity index (χ0n) is 27.5. The number of benzene rings is 3. The molecule has 1 saturated heterocycles. The number of aromatic nitrogens is 2. The molecule has 46 heavy (non-hydrogen) atoms. The minimum absolute atomic E-state index is 0.417. The third-order valence-corrected chi connectivity index (χ3v) is 9.14. The number of nitrogens with zero attached hydrogens (tertiary/aromatic N) is 3. The van der Waals surface area contributed by atoms with Gasteiger partial charge in [-0.05, 0) is 111 Å². The molecule has 0 atom stereocenters. The van der Waals surface area contributed by atoms with Gasteiger partial charge in [-0.1, -0.05) is 67.0 Å². The van der Waals surface area contributed by atoms with Crippen LogP contribution in [0.1, 0.15) is 62.8 Å². The predicted molar refractivity (Wildman–Crippen MR) is 182 cm³/mol. The average molecular weight is 645 g/mol. The summed E-state index contributed by atoms with van der Waals surface area (Å²) < 4.78 is 11.0. The van der Waals surface area contributed by atoms with E-state index >= 15 is 0 Å². The topological polar surface area (TPSA) is 115 Å². The summed E-state index contributed by atoms with van der Waals surface area (Å²) in [5.74, 6) is 1.46. The number of piperidine rings is 1. The highest BCUT2D eigenvalue weighted by atomic mass is 35.5. The molecule has 1 aliphatic rings. The van der Waals surface area contributed by atoms with Crippen LogP contribution in [0.3, 0.4) is 0 Å². The van der Waals surface area contributed by atoms with Crippen LogP contribution in [0.15, 0.2) is 65.2 Å². The number of nitrogens with two attached hydrogens (primary N) is 1. The number of ether oxygens (including phenoxy) is 1. The summed E-state index contributed by atoms with van der Waals surface area (Å²) in [5.41, 5.74) is 11.2. The molecule has 1 aromatic heterocycles. The number of carboxylic acids is 1. The van der Waals surface area contributed by atoms with E-state index in [1.807, 2.05) is 62.4 Å². The van der Waals surface area contributed by atoms with Gasteiger partial charge in [0.2, 0.25) is 5.82 Å². The molecular formula is C37H45ClN4O4. The summed E-state index contributed by atoms with van der Waals surface area (Å²) >= 11 is 6.58. The highest BCUT2D eigenvalue weighted by molar-refractivity contribution is 6.31. The van der Waals surface area contributed by atoms with E-state index in [1.165, 1.54) is 0 Å². The third kappa shape index (κ3) is 8.16. The van der Waals surface area contributed by atoms with Gasteiger partial charge >= 0.3 is 5.97 Å². The number of aliphatic carboxylic acids is 1. The molecule has 2 heterocycles. The molecule has 4 aromatic rings. The van der Waals surface area contributed by atoms with Crippen molar-refractivity contribution < 1.29 is 19.2 Å². The van der Waals surface area contributed by atoms with E-state index in [4.69, 9.17) is 31.6 Å². The van der Waals surface area contributed by atoms with Gasteiger partial charge in [0.05, 0.1) is 12.5 Å². The van der Waals surface area contributed by atoms with Crippen LogP contribution in [0.5, 0.6) is 5.75 Å². The highest BCUT2D eigenvalue weighted by Crippen LogP contribution is 2.37. The van der Waals surface area contributed by atoms with Crippen molar-refractivity contribution >= 4 is 17.6 Å². The maximum atomic E-state index is 12.5. The van der Waals surface area contributed by atoms with Gasteiger partial charge in [0, 0.05) is 28.2 Å². The van der Waals surface area contributed by atoms with E-state index in [0.717, 1.165) is 52.1 Å². The maximum Gasteiger partial charge on any atom is 0.310 e. The lowest BCUT2D eigenvalue weighted by Gasteiger charge is -2.39. The number of methoxy groups -OCH3 is 1. The molecule has 3 N–H and O–H groups in total. The fourth-order valence-corrected chi connectivity index (χ4v) is 6.59. The van der Waals surface area contributed by atoms with E-state index in [-0.39, 0.29) is 0 Å². The van der Waals surface area contributed by atoms with E-state index in [2.05, 4.69) is 36.0 Å². The first-order valence-corrected chi connectivity index (χ1v) is 16.3. The molecule has 0 saturated carbocycles. The molecule has 1 fully saturated rings. The van der Waals surface area contributed by atoms with Crippen LogP contribution in [0.25, 0.3) is 22.8 Å². The van der Waals surface area contributed by atoms with Crippen LogP contribution in [0, 0.1) is 11.3 Å². The van der Waals surface area contributed by atoms with Crippen molar-refractivity contribution in [1.29, 1.82) is 0 Å². The van der Waals surface area contributed by atoms with Gasteiger partial charge in [-0.2, -0.15) is 4.98 Å². The molecule has 0 aliphatic carbocycles. The molecule has 0 spiro atoms. The van der Waals surface area contributed by atoms with E-state index in [9.17, 15) is 9.90 Å². The summed E-state index contributed by atoms with van der Waals surface area (Å²) in [4.78, 5) is 19.6. The molecule has 0 amide bonds. The van der Waals surface area contributed by atoms with Crippen molar-refractivity contribution in [2.75, 3.05) is 20.2 Å². The second-order valence-corrected chi connectivity index (χ2v) is 14.3. The Bertz CT molecular complexity index is 1650. The molecule has 244 valence electrons. The first kappa shape index (κ1) is 33.6. The van der Waals surface area contributed by atoms with E-state index in [0.29, 0.717) is 61.4 Å². The van der Waals surface area contributed by atoms with Gasteiger partial charge in [0.15, 0.2) is 0 Å². The zero-order valence-corrected chi connectivity index (χ0v) is 28.2. The van der Waals surface area contributed by atoms with Gasteiger partial charge in [0.1, 0.15) is 5.75 Å². The Hall–Kier alpha value is -3.72. The zero-order chi connectivity index (χ0) is 33.1. The van der Waals surface area contributed by atoms with Gasteiger partial charge < -0.3 is 20.1 Å². The Kier molecular flexibility index (Phi) is 10.2. The number of rotatable bonds is 12.